The van der Waals surface area contributed by atoms with Gasteiger partial charge in [0.15, 0.2) is 0 Å². The summed E-state index contributed by atoms with van der Waals surface area (Å²) in [4.78, 5) is 7.86. The smallest absolute Gasteiger partial charge is 0.0762 e. The summed E-state index contributed by atoms with van der Waals surface area (Å²) in [6.07, 6.45) is 6.67. The molecule has 1 unspecified atom stereocenters. The maximum atomic E-state index is 5.66. The van der Waals surface area contributed by atoms with Gasteiger partial charge in [-0.3, -0.25) is 4.90 Å². The molecule has 2 saturated heterocycles. The normalized spacial score (nSPS) is 26.6. The zero-order chi connectivity index (χ0) is 22.9. The number of ether oxygens (including phenoxy) is 1. The van der Waals surface area contributed by atoms with E-state index < -0.39 is 0 Å². The lowest BCUT2D eigenvalue weighted by Gasteiger charge is -2.46. The fourth-order valence-electron chi connectivity index (χ4n) is 7.10. The van der Waals surface area contributed by atoms with E-state index in [1.54, 1.807) is 5.56 Å². The maximum absolute atomic E-state index is 5.66. The van der Waals surface area contributed by atoms with Gasteiger partial charge >= 0.3 is 0 Å². The molecule has 1 atom stereocenters. The number of rotatable bonds is 6. The molecule has 4 rings (SSSR count). The third kappa shape index (κ3) is 5.44. The number of hydrogen-bond acceptors (Lipinski definition) is 4. The largest absolute Gasteiger partial charge is 0.380 e. The van der Waals surface area contributed by atoms with Gasteiger partial charge in [-0.25, -0.2) is 0 Å². The molecular weight excluding hydrogens is 394 g/mol. The van der Waals surface area contributed by atoms with E-state index in [-0.39, 0.29) is 0 Å². The first-order valence-electron chi connectivity index (χ1n) is 13.1. The Morgan fingerprint density at radius 3 is 2.22 bits per heavy atom. The van der Waals surface area contributed by atoms with Gasteiger partial charge < -0.3 is 14.5 Å². The van der Waals surface area contributed by atoms with E-state index in [2.05, 4.69) is 67.5 Å². The molecule has 3 fully saturated rings. The number of methoxy groups -OCH3 is 1. The highest BCUT2D eigenvalue weighted by Crippen LogP contribution is 2.53. The molecule has 0 aromatic heterocycles. The molecule has 4 nitrogen and oxygen atoms in total. The van der Waals surface area contributed by atoms with Gasteiger partial charge in [-0.15, -0.1) is 0 Å². The molecule has 0 spiro atoms. The van der Waals surface area contributed by atoms with E-state index in [1.165, 1.54) is 56.7 Å². The van der Waals surface area contributed by atoms with Gasteiger partial charge in [0.1, 0.15) is 0 Å². The second-order valence-electron chi connectivity index (χ2n) is 12.3. The van der Waals surface area contributed by atoms with Gasteiger partial charge in [0, 0.05) is 57.8 Å². The molecule has 0 radical (unpaired) electrons. The van der Waals surface area contributed by atoms with Crippen molar-refractivity contribution in [3.63, 3.8) is 0 Å². The van der Waals surface area contributed by atoms with Crippen LogP contribution in [0.3, 0.4) is 0 Å². The van der Waals surface area contributed by atoms with Crippen LogP contribution in [0.4, 0.5) is 11.4 Å². The minimum Gasteiger partial charge on any atom is -0.380 e. The Balaban J connectivity index is 1.64. The average molecular weight is 442 g/mol. The Labute approximate surface area is 197 Å². The highest BCUT2D eigenvalue weighted by atomic mass is 16.5. The number of nitrogens with zero attached hydrogens (tertiary/aromatic N) is 3. The third-order valence-corrected chi connectivity index (χ3v) is 8.10. The van der Waals surface area contributed by atoms with Crippen LogP contribution in [0.5, 0.6) is 0 Å². The van der Waals surface area contributed by atoms with Crippen LogP contribution >= 0.6 is 0 Å². The summed E-state index contributed by atoms with van der Waals surface area (Å²) in [5, 5.41) is 0. The van der Waals surface area contributed by atoms with Crippen LogP contribution in [-0.2, 0) is 4.74 Å². The van der Waals surface area contributed by atoms with Crippen molar-refractivity contribution in [2.24, 2.45) is 10.8 Å². The summed E-state index contributed by atoms with van der Waals surface area (Å²) in [6, 6.07) is 7.40. The molecule has 180 valence electrons. The van der Waals surface area contributed by atoms with Crippen LogP contribution in [0, 0.1) is 10.8 Å². The zero-order valence-electron chi connectivity index (χ0n) is 21.6. The van der Waals surface area contributed by atoms with E-state index in [9.17, 15) is 0 Å². The number of hydrogen-bond donors (Lipinski definition) is 0. The van der Waals surface area contributed by atoms with Crippen LogP contribution in [-0.4, -0.2) is 63.9 Å². The molecule has 32 heavy (non-hydrogen) atoms. The van der Waals surface area contributed by atoms with Crippen molar-refractivity contribution < 1.29 is 4.74 Å². The van der Waals surface area contributed by atoms with Gasteiger partial charge in [-0.2, -0.15) is 0 Å². The fourth-order valence-corrected chi connectivity index (χ4v) is 7.10. The Morgan fingerprint density at radius 2 is 1.62 bits per heavy atom. The highest BCUT2D eigenvalue weighted by Gasteiger charge is 2.40. The summed E-state index contributed by atoms with van der Waals surface area (Å²) in [7, 11) is 1.85. The fraction of sp³-hybridized carbons (Fsp3) is 0.786. The molecule has 1 aromatic carbocycles. The predicted molar refractivity (Wildman–Crippen MR) is 137 cm³/mol. The van der Waals surface area contributed by atoms with E-state index in [1.807, 2.05) is 7.11 Å². The van der Waals surface area contributed by atoms with Gasteiger partial charge in [0.2, 0.25) is 0 Å². The van der Waals surface area contributed by atoms with Gasteiger partial charge in [0.05, 0.1) is 6.10 Å². The minimum absolute atomic E-state index is 0.373. The molecule has 0 bridgehead atoms. The Kier molecular flexibility index (Phi) is 7.12. The summed E-state index contributed by atoms with van der Waals surface area (Å²) in [5.41, 5.74) is 5.30. The first kappa shape index (κ1) is 23.9. The molecular formula is C28H47N3O. The molecule has 2 aliphatic heterocycles. The summed E-state index contributed by atoms with van der Waals surface area (Å²) in [5.74, 6) is 0.637. The molecule has 1 aromatic rings. The molecule has 0 N–H and O–H groups in total. The maximum Gasteiger partial charge on any atom is 0.0762 e. The van der Waals surface area contributed by atoms with Crippen LogP contribution in [0.1, 0.15) is 78.2 Å². The molecule has 4 heteroatoms. The molecule has 0 amide bonds. The SMILES string of the molecule is CCCN1CCN(c2ccc(N3CCC(OC)C3)cc2C2CC(C)(C)CC(C)(C)C2)CC1. The first-order valence-corrected chi connectivity index (χ1v) is 13.1. The third-order valence-electron chi connectivity index (χ3n) is 8.10. The summed E-state index contributed by atoms with van der Waals surface area (Å²) < 4.78 is 5.66. The Hall–Kier alpha value is -1.26. The second kappa shape index (κ2) is 9.54. The molecule has 1 saturated carbocycles. The molecule has 1 aliphatic carbocycles. The zero-order valence-corrected chi connectivity index (χ0v) is 21.6. The highest BCUT2D eigenvalue weighted by molar-refractivity contribution is 5.64. The van der Waals surface area contributed by atoms with Gasteiger partial charge in [0.25, 0.3) is 0 Å². The summed E-state index contributed by atoms with van der Waals surface area (Å²) >= 11 is 0. The molecule has 3 aliphatic rings. The van der Waals surface area contributed by atoms with Crippen molar-refractivity contribution in [1.82, 2.24) is 4.90 Å². The quantitative estimate of drug-likeness (QED) is 0.558. The standard InChI is InChI=1S/C28H47N3O/c1-7-11-29-13-15-30(16-14-29)26-9-8-23(31-12-10-24(20-31)32-6)17-25(26)22-18-27(2,3)21-28(4,5)19-22/h8-9,17,22,24H,7,10-16,18-21H2,1-6H3. The van der Waals surface area contributed by atoms with Crippen LogP contribution in [0.2, 0.25) is 0 Å². The molecule has 2 heterocycles. The topological polar surface area (TPSA) is 19.0 Å². The van der Waals surface area contributed by atoms with E-state index in [0.717, 1.165) is 32.6 Å². The monoisotopic (exact) mass is 441 g/mol. The Bertz CT molecular complexity index is 750. The van der Waals surface area contributed by atoms with Crippen molar-refractivity contribution in [2.45, 2.75) is 78.7 Å². The number of benzene rings is 1. The summed E-state index contributed by atoms with van der Waals surface area (Å²) in [6.45, 7) is 20.3. The van der Waals surface area contributed by atoms with E-state index in [4.69, 9.17) is 4.74 Å². The minimum atomic E-state index is 0.373. The van der Waals surface area contributed by atoms with E-state index in [0.29, 0.717) is 22.9 Å². The van der Waals surface area contributed by atoms with Crippen molar-refractivity contribution in [1.29, 1.82) is 0 Å². The lowest BCUT2D eigenvalue weighted by atomic mass is 9.60. The Morgan fingerprint density at radius 1 is 0.938 bits per heavy atom. The van der Waals surface area contributed by atoms with Crippen molar-refractivity contribution in [2.75, 3.05) is 62.7 Å². The number of anilines is 2. The average Bonchev–Trinajstić information content (AvgIpc) is 3.21. The second-order valence-corrected chi connectivity index (χ2v) is 12.3. The predicted octanol–water partition coefficient (Wildman–Crippen LogP) is 5.76. The van der Waals surface area contributed by atoms with Crippen molar-refractivity contribution in [3.05, 3.63) is 23.8 Å². The van der Waals surface area contributed by atoms with Gasteiger partial charge in [-0.05, 0) is 79.2 Å². The van der Waals surface area contributed by atoms with Crippen LogP contribution < -0.4 is 9.80 Å². The lowest BCUT2D eigenvalue weighted by molar-refractivity contribution is 0.0970. The van der Waals surface area contributed by atoms with Crippen LogP contribution in [0.25, 0.3) is 0 Å². The van der Waals surface area contributed by atoms with E-state index >= 15 is 0 Å². The number of piperazine rings is 1. The van der Waals surface area contributed by atoms with Crippen molar-refractivity contribution in [3.8, 4) is 0 Å². The van der Waals surface area contributed by atoms with Crippen LogP contribution in [0.15, 0.2) is 18.2 Å². The van der Waals surface area contributed by atoms with Crippen molar-refractivity contribution >= 4 is 11.4 Å². The van der Waals surface area contributed by atoms with Gasteiger partial charge in [-0.1, -0.05) is 34.6 Å². The lowest BCUT2D eigenvalue weighted by Crippen LogP contribution is -2.47. The first-order chi connectivity index (χ1) is 15.2.